The maximum absolute atomic E-state index is 12.2. The molecule has 1 saturated carbocycles. The normalized spacial score (nSPS) is 13.9. The number of anilines is 1. The van der Waals surface area contributed by atoms with Gasteiger partial charge in [0, 0.05) is 6.04 Å². The van der Waals surface area contributed by atoms with Crippen LogP contribution in [0.4, 0.5) is 5.69 Å². The fourth-order valence-corrected chi connectivity index (χ4v) is 3.39. The van der Waals surface area contributed by atoms with Crippen LogP contribution in [0.2, 0.25) is 0 Å². The first-order valence-corrected chi connectivity index (χ1v) is 9.46. The molecule has 1 heterocycles. The highest BCUT2D eigenvalue weighted by atomic mass is 16.2. The van der Waals surface area contributed by atoms with Crippen LogP contribution in [0, 0.1) is 13.8 Å². The van der Waals surface area contributed by atoms with Gasteiger partial charge in [-0.2, -0.15) is 5.10 Å². The highest BCUT2D eigenvalue weighted by Crippen LogP contribution is 2.22. The van der Waals surface area contributed by atoms with Crippen LogP contribution < -0.4 is 16.0 Å². The van der Waals surface area contributed by atoms with E-state index in [9.17, 15) is 14.4 Å². The zero-order valence-corrected chi connectivity index (χ0v) is 16.1. The SMILES string of the molecule is Cc1nn(-c2ccccc2)c(C)c1NC(=O)CNC(=O)C(=O)NC1CCCC1. The zero-order chi connectivity index (χ0) is 20.1. The van der Waals surface area contributed by atoms with Crippen LogP contribution in [0.5, 0.6) is 0 Å². The average Bonchev–Trinajstić information content (AvgIpc) is 3.30. The van der Waals surface area contributed by atoms with Gasteiger partial charge in [0.05, 0.1) is 29.3 Å². The van der Waals surface area contributed by atoms with Crippen molar-refractivity contribution in [2.24, 2.45) is 0 Å². The maximum atomic E-state index is 12.2. The summed E-state index contributed by atoms with van der Waals surface area (Å²) in [5.74, 6) is -1.90. The van der Waals surface area contributed by atoms with Crippen molar-refractivity contribution < 1.29 is 14.4 Å². The average molecular weight is 383 g/mol. The lowest BCUT2D eigenvalue weighted by atomic mass is 10.2. The van der Waals surface area contributed by atoms with Crippen molar-refractivity contribution in [2.75, 3.05) is 11.9 Å². The third-order valence-electron chi connectivity index (χ3n) is 4.86. The Morgan fingerprint density at radius 2 is 1.75 bits per heavy atom. The molecule has 0 aliphatic heterocycles. The van der Waals surface area contributed by atoms with Gasteiger partial charge >= 0.3 is 11.8 Å². The fourth-order valence-electron chi connectivity index (χ4n) is 3.39. The number of para-hydroxylation sites is 1. The number of carbonyl (C=O) groups is 3. The summed E-state index contributed by atoms with van der Waals surface area (Å²) in [5.41, 5.74) is 2.93. The Morgan fingerprint density at radius 1 is 1.07 bits per heavy atom. The highest BCUT2D eigenvalue weighted by molar-refractivity contribution is 6.35. The zero-order valence-electron chi connectivity index (χ0n) is 16.1. The van der Waals surface area contributed by atoms with Gasteiger partial charge in [0.2, 0.25) is 5.91 Å². The number of amides is 3. The van der Waals surface area contributed by atoms with Gasteiger partial charge in [-0.3, -0.25) is 14.4 Å². The molecule has 1 aliphatic carbocycles. The Morgan fingerprint density at radius 3 is 2.43 bits per heavy atom. The minimum absolute atomic E-state index is 0.0567. The van der Waals surface area contributed by atoms with Gasteiger partial charge in [-0.25, -0.2) is 4.68 Å². The second kappa shape index (κ2) is 8.69. The molecular weight excluding hydrogens is 358 g/mol. The molecule has 1 fully saturated rings. The molecule has 148 valence electrons. The number of rotatable bonds is 5. The Hall–Kier alpha value is -3.16. The van der Waals surface area contributed by atoms with E-state index >= 15 is 0 Å². The molecule has 0 saturated heterocycles. The monoisotopic (exact) mass is 383 g/mol. The first kappa shape index (κ1) is 19.6. The standard InChI is InChI=1S/C20H25N5O3/c1-13-18(14(2)25(24-13)16-10-4-3-5-11-16)23-17(26)12-21-19(27)20(28)22-15-8-6-7-9-15/h3-5,10-11,15H,6-9,12H2,1-2H3,(H,21,27)(H,22,28)(H,23,26). The topological polar surface area (TPSA) is 105 Å². The smallest absolute Gasteiger partial charge is 0.309 e. The van der Waals surface area contributed by atoms with Gasteiger partial charge < -0.3 is 16.0 Å². The summed E-state index contributed by atoms with van der Waals surface area (Å²) in [6.07, 6.45) is 3.90. The summed E-state index contributed by atoms with van der Waals surface area (Å²) in [7, 11) is 0. The van der Waals surface area contributed by atoms with Crippen molar-refractivity contribution in [3.05, 3.63) is 41.7 Å². The van der Waals surface area contributed by atoms with E-state index < -0.39 is 17.7 Å². The van der Waals surface area contributed by atoms with E-state index in [4.69, 9.17) is 0 Å². The third-order valence-corrected chi connectivity index (χ3v) is 4.86. The minimum Gasteiger partial charge on any atom is -0.345 e. The van der Waals surface area contributed by atoms with Gasteiger partial charge in [-0.15, -0.1) is 0 Å². The van der Waals surface area contributed by atoms with Crippen molar-refractivity contribution in [1.29, 1.82) is 0 Å². The quantitative estimate of drug-likeness (QED) is 0.682. The molecule has 3 amide bonds. The molecule has 2 aromatic rings. The molecular formula is C20H25N5O3. The van der Waals surface area contributed by atoms with Gasteiger partial charge in [-0.1, -0.05) is 31.0 Å². The lowest BCUT2D eigenvalue weighted by Crippen LogP contribution is -2.45. The van der Waals surface area contributed by atoms with E-state index in [0.717, 1.165) is 37.1 Å². The maximum Gasteiger partial charge on any atom is 0.309 e. The molecule has 1 aromatic heterocycles. The van der Waals surface area contributed by atoms with Gasteiger partial charge in [-0.05, 0) is 38.8 Å². The van der Waals surface area contributed by atoms with Gasteiger partial charge in [0.1, 0.15) is 0 Å². The molecule has 8 heteroatoms. The van der Waals surface area contributed by atoms with E-state index in [-0.39, 0.29) is 12.6 Å². The molecule has 0 atom stereocenters. The van der Waals surface area contributed by atoms with E-state index in [2.05, 4.69) is 21.0 Å². The molecule has 0 spiro atoms. The summed E-state index contributed by atoms with van der Waals surface area (Å²) in [6.45, 7) is 3.37. The number of carbonyl (C=O) groups excluding carboxylic acids is 3. The van der Waals surface area contributed by atoms with Crippen LogP contribution in [0.25, 0.3) is 5.69 Å². The second-order valence-electron chi connectivity index (χ2n) is 6.98. The summed E-state index contributed by atoms with van der Waals surface area (Å²) >= 11 is 0. The number of aryl methyl sites for hydroxylation is 1. The van der Waals surface area contributed by atoms with E-state index in [1.807, 2.05) is 37.3 Å². The van der Waals surface area contributed by atoms with Crippen molar-refractivity contribution in [3.63, 3.8) is 0 Å². The van der Waals surface area contributed by atoms with Crippen molar-refractivity contribution in [3.8, 4) is 5.69 Å². The Bertz CT molecular complexity index is 869. The van der Waals surface area contributed by atoms with Crippen molar-refractivity contribution in [2.45, 2.75) is 45.6 Å². The van der Waals surface area contributed by atoms with Crippen molar-refractivity contribution in [1.82, 2.24) is 20.4 Å². The number of nitrogens with zero attached hydrogens (tertiary/aromatic N) is 2. The first-order valence-electron chi connectivity index (χ1n) is 9.46. The van der Waals surface area contributed by atoms with Crippen LogP contribution in [0.3, 0.4) is 0 Å². The van der Waals surface area contributed by atoms with E-state index in [1.165, 1.54) is 0 Å². The summed E-state index contributed by atoms with van der Waals surface area (Å²) < 4.78 is 1.75. The lowest BCUT2D eigenvalue weighted by Gasteiger charge is -2.12. The highest BCUT2D eigenvalue weighted by Gasteiger charge is 2.22. The summed E-state index contributed by atoms with van der Waals surface area (Å²) in [4.78, 5) is 36.0. The van der Waals surface area contributed by atoms with E-state index in [1.54, 1.807) is 11.6 Å². The van der Waals surface area contributed by atoms with Crippen LogP contribution in [-0.2, 0) is 14.4 Å². The molecule has 0 radical (unpaired) electrons. The lowest BCUT2D eigenvalue weighted by molar-refractivity contribution is -0.140. The molecule has 28 heavy (non-hydrogen) atoms. The molecule has 3 N–H and O–H groups in total. The largest absolute Gasteiger partial charge is 0.345 e. The Labute approximate surface area is 163 Å². The van der Waals surface area contributed by atoms with E-state index in [0.29, 0.717) is 11.4 Å². The third kappa shape index (κ3) is 4.57. The molecule has 0 unspecified atom stereocenters. The fraction of sp³-hybridized carbons (Fsp3) is 0.400. The van der Waals surface area contributed by atoms with Crippen molar-refractivity contribution >= 4 is 23.4 Å². The van der Waals surface area contributed by atoms with Crippen LogP contribution >= 0.6 is 0 Å². The Kier molecular flexibility index (Phi) is 6.08. The predicted molar refractivity (Wildman–Crippen MR) is 105 cm³/mol. The predicted octanol–water partition coefficient (Wildman–Crippen LogP) is 1.60. The van der Waals surface area contributed by atoms with Gasteiger partial charge in [0.15, 0.2) is 0 Å². The second-order valence-corrected chi connectivity index (χ2v) is 6.98. The molecule has 1 aromatic carbocycles. The number of nitrogens with one attached hydrogen (secondary N) is 3. The minimum atomic E-state index is -0.796. The number of hydrogen-bond acceptors (Lipinski definition) is 4. The van der Waals surface area contributed by atoms with Crippen LogP contribution in [0.15, 0.2) is 30.3 Å². The van der Waals surface area contributed by atoms with Gasteiger partial charge in [0.25, 0.3) is 0 Å². The summed E-state index contributed by atoms with van der Waals surface area (Å²) in [6, 6.07) is 9.65. The molecule has 1 aliphatic rings. The first-order chi connectivity index (χ1) is 13.5. The number of aromatic nitrogens is 2. The van der Waals surface area contributed by atoms with Crippen LogP contribution in [-0.4, -0.2) is 40.1 Å². The summed E-state index contributed by atoms with van der Waals surface area (Å²) in [5, 5.41) is 12.3. The molecule has 0 bridgehead atoms. The van der Waals surface area contributed by atoms with Crippen LogP contribution in [0.1, 0.15) is 37.1 Å². The molecule has 8 nitrogen and oxygen atoms in total. The Balaban J connectivity index is 1.55. The number of benzene rings is 1. The molecule has 3 rings (SSSR count). The number of hydrogen-bond donors (Lipinski definition) is 3.